The molecule has 0 saturated carbocycles. The second kappa shape index (κ2) is 7.88. The first-order valence-corrected chi connectivity index (χ1v) is 9.06. The van der Waals surface area contributed by atoms with Crippen LogP contribution in [-0.4, -0.2) is 21.9 Å². The molecule has 5 nitrogen and oxygen atoms in total. The third kappa shape index (κ3) is 4.08. The Morgan fingerprint density at radius 1 is 1.25 bits per heavy atom. The average Bonchev–Trinajstić information content (AvgIpc) is 3.27. The summed E-state index contributed by atoms with van der Waals surface area (Å²) >= 11 is 1.66. The van der Waals surface area contributed by atoms with Gasteiger partial charge in [-0.05, 0) is 30.0 Å². The summed E-state index contributed by atoms with van der Waals surface area (Å²) < 4.78 is 7.41. The minimum atomic E-state index is -0.219. The Labute approximate surface area is 145 Å². The van der Waals surface area contributed by atoms with Crippen molar-refractivity contribution in [2.24, 2.45) is 0 Å². The molecule has 1 aromatic carbocycles. The summed E-state index contributed by atoms with van der Waals surface area (Å²) in [5.74, 6) is 1.67. The van der Waals surface area contributed by atoms with Crippen LogP contribution < -0.4 is 5.32 Å². The Kier molecular flexibility index (Phi) is 5.38. The molecule has 0 bridgehead atoms. The minimum Gasteiger partial charge on any atom is -0.455 e. The summed E-state index contributed by atoms with van der Waals surface area (Å²) in [6, 6.07) is 15.1. The molecule has 0 saturated heterocycles. The lowest BCUT2D eigenvalue weighted by Gasteiger charge is -2.18. The highest BCUT2D eigenvalue weighted by molar-refractivity contribution is 7.97. The van der Waals surface area contributed by atoms with Crippen molar-refractivity contribution < 1.29 is 9.21 Å². The van der Waals surface area contributed by atoms with Crippen LogP contribution in [0.15, 0.2) is 65.3 Å². The molecule has 0 aliphatic carbocycles. The molecule has 2 aromatic heterocycles. The first-order valence-electron chi connectivity index (χ1n) is 7.67. The van der Waals surface area contributed by atoms with Gasteiger partial charge in [0.05, 0.1) is 18.3 Å². The van der Waals surface area contributed by atoms with E-state index in [9.17, 15) is 4.79 Å². The molecule has 3 rings (SSSR count). The normalized spacial score (nSPS) is 12.0. The molecule has 6 heteroatoms. The maximum Gasteiger partial charge on any atom is 0.287 e. The zero-order valence-corrected chi connectivity index (χ0v) is 14.2. The van der Waals surface area contributed by atoms with E-state index < -0.39 is 0 Å². The molecule has 2 heterocycles. The number of furan rings is 1. The van der Waals surface area contributed by atoms with Crippen molar-refractivity contribution in [3.8, 4) is 0 Å². The van der Waals surface area contributed by atoms with Crippen molar-refractivity contribution in [2.45, 2.75) is 18.3 Å². The summed E-state index contributed by atoms with van der Waals surface area (Å²) in [6.07, 6.45) is 5.61. The lowest BCUT2D eigenvalue weighted by atomic mass is 10.1. The molecule has 1 N–H and O–H groups in total. The highest BCUT2D eigenvalue weighted by atomic mass is 32.2. The molecular weight excluding hydrogens is 322 g/mol. The van der Waals surface area contributed by atoms with Crippen molar-refractivity contribution in [3.05, 3.63) is 78.0 Å². The van der Waals surface area contributed by atoms with E-state index in [0.717, 1.165) is 17.1 Å². The molecule has 0 radical (unpaired) electrons. The van der Waals surface area contributed by atoms with Gasteiger partial charge >= 0.3 is 0 Å². The monoisotopic (exact) mass is 341 g/mol. The molecule has 1 amide bonds. The molecular formula is C18H19N3O2S. The van der Waals surface area contributed by atoms with Crippen molar-refractivity contribution >= 4 is 17.7 Å². The summed E-state index contributed by atoms with van der Waals surface area (Å²) in [7, 11) is 0. The van der Waals surface area contributed by atoms with Crippen molar-refractivity contribution in [1.29, 1.82) is 0 Å². The van der Waals surface area contributed by atoms with Gasteiger partial charge in [0.15, 0.2) is 5.76 Å². The minimum absolute atomic E-state index is 0.187. The van der Waals surface area contributed by atoms with Crippen LogP contribution in [0, 0.1) is 0 Å². The number of nitrogens with one attached hydrogen (secondary N) is 1. The number of thioether (sulfide) groups is 1. The van der Waals surface area contributed by atoms with Gasteiger partial charge in [0.2, 0.25) is 0 Å². The third-order valence-electron chi connectivity index (χ3n) is 3.61. The first-order chi connectivity index (χ1) is 11.8. The maximum absolute atomic E-state index is 12.5. The SMILES string of the molecule is CSCc1ccc(C(=O)N[C@H](Cn2cccn2)c2ccccc2)o1. The van der Waals surface area contributed by atoms with E-state index in [2.05, 4.69) is 10.4 Å². The van der Waals surface area contributed by atoms with E-state index in [4.69, 9.17) is 4.42 Å². The maximum atomic E-state index is 12.5. The molecule has 24 heavy (non-hydrogen) atoms. The van der Waals surface area contributed by atoms with Crippen LogP contribution in [-0.2, 0) is 12.3 Å². The molecule has 0 aliphatic rings. The Morgan fingerprint density at radius 3 is 2.79 bits per heavy atom. The fourth-order valence-electron chi connectivity index (χ4n) is 2.46. The Balaban J connectivity index is 1.76. The van der Waals surface area contributed by atoms with Crippen LogP contribution in [0.1, 0.15) is 27.9 Å². The fourth-order valence-corrected chi connectivity index (χ4v) is 2.90. The summed E-state index contributed by atoms with van der Waals surface area (Å²) in [5, 5.41) is 7.27. The summed E-state index contributed by atoms with van der Waals surface area (Å²) in [5.41, 5.74) is 1.03. The molecule has 0 aliphatic heterocycles. The lowest BCUT2D eigenvalue weighted by Crippen LogP contribution is -2.31. The number of benzene rings is 1. The predicted octanol–water partition coefficient (Wildman–Crippen LogP) is 3.51. The number of hydrogen-bond acceptors (Lipinski definition) is 4. The lowest BCUT2D eigenvalue weighted by molar-refractivity contribution is 0.0902. The van der Waals surface area contributed by atoms with Gasteiger partial charge in [-0.25, -0.2) is 0 Å². The number of carbonyl (C=O) groups excluding carboxylic acids is 1. The number of amides is 1. The van der Waals surface area contributed by atoms with Gasteiger partial charge in [0, 0.05) is 12.4 Å². The van der Waals surface area contributed by atoms with Gasteiger partial charge < -0.3 is 9.73 Å². The van der Waals surface area contributed by atoms with Gasteiger partial charge in [-0.1, -0.05) is 30.3 Å². The van der Waals surface area contributed by atoms with Gasteiger partial charge in [0.25, 0.3) is 5.91 Å². The van der Waals surface area contributed by atoms with Crippen LogP contribution in [0.3, 0.4) is 0 Å². The number of nitrogens with zero attached hydrogens (tertiary/aromatic N) is 2. The van der Waals surface area contributed by atoms with E-state index in [1.807, 2.05) is 54.9 Å². The molecule has 0 fully saturated rings. The zero-order chi connectivity index (χ0) is 16.8. The highest BCUT2D eigenvalue weighted by Gasteiger charge is 2.19. The standard InChI is InChI=1S/C18H19N3O2S/c1-24-13-15-8-9-17(23-15)18(22)20-16(12-21-11-5-10-19-21)14-6-3-2-4-7-14/h2-11,16H,12-13H2,1H3,(H,20,22)/t16-/m1/s1. The van der Waals surface area contributed by atoms with Crippen molar-refractivity contribution in [1.82, 2.24) is 15.1 Å². The third-order valence-corrected chi connectivity index (χ3v) is 4.18. The number of aromatic nitrogens is 2. The van der Waals surface area contributed by atoms with Gasteiger partial charge in [0.1, 0.15) is 5.76 Å². The molecule has 124 valence electrons. The Hall–Kier alpha value is -2.47. The second-order valence-electron chi connectivity index (χ2n) is 5.36. The average molecular weight is 341 g/mol. The van der Waals surface area contributed by atoms with Crippen molar-refractivity contribution in [3.63, 3.8) is 0 Å². The Bertz CT molecular complexity index is 769. The molecule has 0 spiro atoms. The van der Waals surface area contributed by atoms with E-state index in [1.165, 1.54) is 0 Å². The van der Waals surface area contributed by atoms with Crippen LogP contribution in [0.4, 0.5) is 0 Å². The van der Waals surface area contributed by atoms with E-state index in [1.54, 1.807) is 28.7 Å². The molecule has 3 aromatic rings. The van der Waals surface area contributed by atoms with Gasteiger partial charge in [-0.3, -0.25) is 9.48 Å². The molecule has 1 atom stereocenters. The highest BCUT2D eigenvalue weighted by Crippen LogP contribution is 2.18. The number of hydrogen-bond donors (Lipinski definition) is 1. The predicted molar refractivity (Wildman–Crippen MR) is 94.8 cm³/mol. The van der Waals surface area contributed by atoms with E-state index in [0.29, 0.717) is 12.3 Å². The zero-order valence-electron chi connectivity index (χ0n) is 13.4. The van der Waals surface area contributed by atoms with Gasteiger partial charge in [-0.15, -0.1) is 0 Å². The van der Waals surface area contributed by atoms with Crippen LogP contribution in [0.5, 0.6) is 0 Å². The van der Waals surface area contributed by atoms with Crippen LogP contribution >= 0.6 is 11.8 Å². The van der Waals surface area contributed by atoms with Crippen molar-refractivity contribution in [2.75, 3.05) is 6.26 Å². The smallest absolute Gasteiger partial charge is 0.287 e. The fraction of sp³-hybridized carbons (Fsp3) is 0.222. The van der Waals surface area contributed by atoms with E-state index in [-0.39, 0.29) is 11.9 Å². The second-order valence-corrected chi connectivity index (χ2v) is 6.23. The summed E-state index contributed by atoms with van der Waals surface area (Å²) in [6.45, 7) is 0.557. The largest absolute Gasteiger partial charge is 0.455 e. The van der Waals surface area contributed by atoms with Crippen LogP contribution in [0.2, 0.25) is 0 Å². The number of rotatable bonds is 7. The summed E-state index contributed by atoms with van der Waals surface area (Å²) in [4.78, 5) is 12.5. The first kappa shape index (κ1) is 16.4. The quantitative estimate of drug-likeness (QED) is 0.714. The number of carbonyl (C=O) groups is 1. The van der Waals surface area contributed by atoms with Crippen LogP contribution in [0.25, 0.3) is 0 Å². The van der Waals surface area contributed by atoms with Gasteiger partial charge in [-0.2, -0.15) is 16.9 Å². The molecule has 0 unspecified atom stereocenters. The Morgan fingerprint density at radius 2 is 2.08 bits per heavy atom. The topological polar surface area (TPSA) is 60.1 Å². The van der Waals surface area contributed by atoms with E-state index >= 15 is 0 Å².